The van der Waals surface area contributed by atoms with Crippen molar-refractivity contribution in [1.82, 2.24) is 10.3 Å². The number of amides is 3. The summed E-state index contributed by atoms with van der Waals surface area (Å²) in [6.45, 7) is 9.35. The largest absolute Gasteiger partial charge is 0.348 e. The monoisotopic (exact) mass is 462 g/mol. The molecule has 3 N–H and O–H groups in total. The Morgan fingerprint density at radius 3 is 2.27 bits per heavy atom. The average molecular weight is 463 g/mol. The highest BCUT2D eigenvalue weighted by molar-refractivity contribution is 7.14. The van der Waals surface area contributed by atoms with Crippen LogP contribution in [-0.2, 0) is 16.1 Å². The van der Waals surface area contributed by atoms with E-state index in [0.29, 0.717) is 17.2 Å². The number of anilines is 2. The second kappa shape index (κ2) is 10.2. The van der Waals surface area contributed by atoms with Gasteiger partial charge in [-0.3, -0.25) is 19.7 Å². The molecule has 8 heteroatoms. The molecule has 33 heavy (non-hydrogen) atoms. The predicted molar refractivity (Wildman–Crippen MR) is 132 cm³/mol. The topological polar surface area (TPSA) is 100 Å². The van der Waals surface area contributed by atoms with Crippen molar-refractivity contribution in [2.24, 2.45) is 5.41 Å². The van der Waals surface area contributed by atoms with Crippen LogP contribution in [0.1, 0.15) is 36.7 Å². The third kappa shape index (κ3) is 6.60. The maximum absolute atomic E-state index is 12.5. The predicted octanol–water partition coefficient (Wildman–Crippen LogP) is 4.85. The number of carbonyl (C=O) groups excluding carboxylic acids is 3. The minimum absolute atomic E-state index is 0.0524. The molecule has 0 saturated carbocycles. The van der Waals surface area contributed by atoms with Crippen LogP contribution >= 0.6 is 11.3 Å². The summed E-state index contributed by atoms with van der Waals surface area (Å²) in [5.74, 6) is -0.568. The number of hydrogen-bond acceptors (Lipinski definition) is 5. The number of thiazole rings is 1. The molecule has 3 rings (SSSR count). The number of rotatable bonds is 7. The highest BCUT2D eigenvalue weighted by Crippen LogP contribution is 2.27. The first-order valence-corrected chi connectivity index (χ1v) is 11.2. The number of benzene rings is 2. The van der Waals surface area contributed by atoms with Gasteiger partial charge in [0, 0.05) is 34.2 Å². The normalized spacial score (nSPS) is 10.9. The van der Waals surface area contributed by atoms with Gasteiger partial charge in [0.2, 0.25) is 11.8 Å². The lowest BCUT2D eigenvalue weighted by Gasteiger charge is -2.17. The van der Waals surface area contributed by atoms with Crippen LogP contribution in [0.2, 0.25) is 0 Å². The molecule has 1 heterocycles. The van der Waals surface area contributed by atoms with Gasteiger partial charge >= 0.3 is 0 Å². The highest BCUT2D eigenvalue weighted by atomic mass is 32.1. The van der Waals surface area contributed by atoms with Crippen LogP contribution in [0.4, 0.5) is 10.8 Å². The quantitative estimate of drug-likeness (QED) is 0.437. The Morgan fingerprint density at radius 2 is 1.67 bits per heavy atom. The van der Waals surface area contributed by atoms with Gasteiger partial charge in [-0.15, -0.1) is 11.3 Å². The second-order valence-corrected chi connectivity index (χ2v) is 9.25. The standard InChI is InChI=1S/C25H26N4O3S/c1-5-21(30)26-14-16-6-8-18(9-7-16)22(31)29-24-28-20(15-33-24)17-10-12-19(13-11-17)27-23(32)25(2,3)4/h5-13,15H,1,14H2,2-4H3,(H,26,30)(H,27,32)(H,28,29,31). The number of aromatic nitrogens is 1. The Bertz CT molecular complexity index is 1160. The molecule has 3 aromatic rings. The van der Waals surface area contributed by atoms with Gasteiger partial charge in [0.05, 0.1) is 5.69 Å². The third-order valence-corrected chi connectivity index (χ3v) is 5.47. The summed E-state index contributed by atoms with van der Waals surface area (Å²) in [6.07, 6.45) is 1.21. The van der Waals surface area contributed by atoms with Gasteiger partial charge in [0.15, 0.2) is 5.13 Å². The Labute approximate surface area is 196 Å². The first-order valence-electron chi connectivity index (χ1n) is 10.3. The van der Waals surface area contributed by atoms with Crippen molar-refractivity contribution in [3.05, 3.63) is 77.7 Å². The molecule has 0 aliphatic heterocycles. The van der Waals surface area contributed by atoms with Crippen molar-refractivity contribution in [1.29, 1.82) is 0 Å². The van der Waals surface area contributed by atoms with E-state index in [1.165, 1.54) is 17.4 Å². The molecule has 0 saturated heterocycles. The van der Waals surface area contributed by atoms with Crippen LogP contribution in [0, 0.1) is 5.41 Å². The van der Waals surface area contributed by atoms with Crippen LogP contribution in [-0.4, -0.2) is 22.7 Å². The minimum atomic E-state index is -0.470. The summed E-state index contributed by atoms with van der Waals surface area (Å²) < 4.78 is 0. The third-order valence-electron chi connectivity index (χ3n) is 4.71. The van der Waals surface area contributed by atoms with Gasteiger partial charge in [-0.1, -0.05) is 51.6 Å². The Hall–Kier alpha value is -3.78. The van der Waals surface area contributed by atoms with Crippen molar-refractivity contribution < 1.29 is 14.4 Å². The van der Waals surface area contributed by atoms with E-state index in [4.69, 9.17) is 0 Å². The minimum Gasteiger partial charge on any atom is -0.348 e. The Balaban J connectivity index is 1.60. The van der Waals surface area contributed by atoms with Crippen LogP contribution < -0.4 is 16.0 Å². The zero-order valence-corrected chi connectivity index (χ0v) is 19.6. The summed E-state index contributed by atoms with van der Waals surface area (Å²) in [6, 6.07) is 14.4. The van der Waals surface area contributed by atoms with Crippen LogP contribution in [0.3, 0.4) is 0 Å². The number of carbonyl (C=O) groups is 3. The molecule has 0 radical (unpaired) electrons. The molecule has 1 aromatic heterocycles. The fourth-order valence-corrected chi connectivity index (χ4v) is 3.43. The lowest BCUT2D eigenvalue weighted by Crippen LogP contribution is -2.27. The van der Waals surface area contributed by atoms with Crippen LogP contribution in [0.25, 0.3) is 11.3 Å². The zero-order valence-electron chi connectivity index (χ0n) is 18.8. The van der Waals surface area contributed by atoms with Crippen molar-refractivity contribution in [2.45, 2.75) is 27.3 Å². The molecule has 2 aromatic carbocycles. The molecule has 0 atom stereocenters. The number of nitrogens with one attached hydrogen (secondary N) is 3. The molecule has 0 aliphatic carbocycles. The summed E-state index contributed by atoms with van der Waals surface area (Å²) in [7, 11) is 0. The average Bonchev–Trinajstić information content (AvgIpc) is 3.26. The van der Waals surface area contributed by atoms with E-state index >= 15 is 0 Å². The molecule has 0 spiro atoms. The molecular formula is C25H26N4O3S. The molecule has 0 bridgehead atoms. The number of nitrogens with zero attached hydrogens (tertiary/aromatic N) is 1. The number of hydrogen-bond donors (Lipinski definition) is 3. The van der Waals surface area contributed by atoms with E-state index in [1.54, 1.807) is 24.3 Å². The molecule has 170 valence electrons. The van der Waals surface area contributed by atoms with Crippen LogP contribution in [0.15, 0.2) is 66.6 Å². The first-order chi connectivity index (χ1) is 15.7. The molecule has 0 unspecified atom stereocenters. The van der Waals surface area contributed by atoms with Gasteiger partial charge in [-0.25, -0.2) is 4.98 Å². The van der Waals surface area contributed by atoms with Crippen molar-refractivity contribution in [3.8, 4) is 11.3 Å². The smallest absolute Gasteiger partial charge is 0.257 e. The summed E-state index contributed by atoms with van der Waals surface area (Å²) in [5.41, 5.74) is 3.23. The van der Waals surface area contributed by atoms with Gasteiger partial charge in [-0.2, -0.15) is 0 Å². The van der Waals surface area contributed by atoms with E-state index in [9.17, 15) is 14.4 Å². The molecule has 0 fully saturated rings. The van der Waals surface area contributed by atoms with Gasteiger partial charge in [-0.05, 0) is 35.9 Å². The van der Waals surface area contributed by atoms with E-state index in [-0.39, 0.29) is 17.7 Å². The van der Waals surface area contributed by atoms with E-state index in [1.807, 2.05) is 50.4 Å². The zero-order chi connectivity index (χ0) is 24.0. The highest BCUT2D eigenvalue weighted by Gasteiger charge is 2.21. The van der Waals surface area contributed by atoms with Crippen LogP contribution in [0.5, 0.6) is 0 Å². The maximum atomic E-state index is 12.5. The van der Waals surface area contributed by atoms with E-state index in [2.05, 4.69) is 27.5 Å². The van der Waals surface area contributed by atoms with Gasteiger partial charge < -0.3 is 10.6 Å². The van der Waals surface area contributed by atoms with Crippen molar-refractivity contribution in [2.75, 3.05) is 10.6 Å². The second-order valence-electron chi connectivity index (χ2n) is 8.39. The van der Waals surface area contributed by atoms with Gasteiger partial charge in [0.1, 0.15) is 0 Å². The molecule has 0 aliphatic rings. The SMILES string of the molecule is C=CC(=O)NCc1ccc(C(=O)Nc2nc(-c3ccc(NC(=O)C(C)(C)C)cc3)cs2)cc1. The molecular weight excluding hydrogens is 436 g/mol. The molecule has 7 nitrogen and oxygen atoms in total. The Kier molecular flexibility index (Phi) is 7.40. The van der Waals surface area contributed by atoms with Crippen molar-refractivity contribution >= 4 is 39.9 Å². The summed E-state index contributed by atoms with van der Waals surface area (Å²) in [5, 5.41) is 10.7. The first kappa shape index (κ1) is 23.9. The van der Waals surface area contributed by atoms with Gasteiger partial charge in [0.25, 0.3) is 5.91 Å². The van der Waals surface area contributed by atoms with E-state index < -0.39 is 5.41 Å². The van der Waals surface area contributed by atoms with E-state index in [0.717, 1.165) is 22.5 Å². The lowest BCUT2D eigenvalue weighted by molar-refractivity contribution is -0.123. The fraction of sp³-hybridized carbons (Fsp3) is 0.200. The summed E-state index contributed by atoms with van der Waals surface area (Å²) >= 11 is 1.33. The summed E-state index contributed by atoms with van der Waals surface area (Å²) in [4.78, 5) is 40.4. The van der Waals surface area contributed by atoms with Crippen molar-refractivity contribution in [3.63, 3.8) is 0 Å². The molecule has 3 amide bonds. The fourth-order valence-electron chi connectivity index (χ4n) is 2.71. The lowest BCUT2D eigenvalue weighted by atomic mass is 9.95. The maximum Gasteiger partial charge on any atom is 0.257 e. The Morgan fingerprint density at radius 1 is 1.00 bits per heavy atom.